The molecule has 0 radical (unpaired) electrons. The van der Waals surface area contributed by atoms with Gasteiger partial charge in [0.25, 0.3) is 5.56 Å². The lowest BCUT2D eigenvalue weighted by atomic mass is 10.1. The molecule has 3 rings (SSSR count). The summed E-state index contributed by atoms with van der Waals surface area (Å²) in [6.45, 7) is 2.61. The van der Waals surface area contributed by atoms with E-state index in [1.807, 2.05) is 29.7 Å². The third-order valence-electron chi connectivity index (χ3n) is 3.93. The van der Waals surface area contributed by atoms with Crippen molar-refractivity contribution in [2.75, 3.05) is 12.4 Å². The largest absolute Gasteiger partial charge is 0.396 e. The van der Waals surface area contributed by atoms with Gasteiger partial charge in [0.15, 0.2) is 16.3 Å². The molecule has 0 saturated heterocycles. The SMILES string of the molecule is Cc1cccc(Cn2c(SCCCO)nc3c2c(=O)[nH]c(=O)n3C)c1. The smallest absolute Gasteiger partial charge is 0.329 e. The molecule has 0 aliphatic heterocycles. The molecule has 1 aromatic carbocycles. The maximum absolute atomic E-state index is 12.4. The Labute approximate surface area is 148 Å². The molecule has 2 N–H and O–H groups in total. The molecule has 8 heteroatoms. The van der Waals surface area contributed by atoms with Gasteiger partial charge in [0.2, 0.25) is 0 Å². The maximum Gasteiger partial charge on any atom is 0.329 e. The molecule has 0 aliphatic carbocycles. The Morgan fingerprint density at radius 1 is 1.32 bits per heavy atom. The van der Waals surface area contributed by atoms with E-state index in [4.69, 9.17) is 5.11 Å². The van der Waals surface area contributed by atoms with Gasteiger partial charge in [-0.3, -0.25) is 14.3 Å². The number of nitrogens with one attached hydrogen (secondary N) is 1. The van der Waals surface area contributed by atoms with E-state index in [1.54, 1.807) is 7.05 Å². The van der Waals surface area contributed by atoms with Crippen LogP contribution in [-0.2, 0) is 13.6 Å². The number of aliphatic hydroxyl groups is 1. The second-order valence-electron chi connectivity index (χ2n) is 5.89. The highest BCUT2D eigenvalue weighted by Gasteiger charge is 2.17. The van der Waals surface area contributed by atoms with Crippen molar-refractivity contribution < 1.29 is 5.11 Å². The summed E-state index contributed by atoms with van der Waals surface area (Å²) in [6.07, 6.45) is 0.633. The van der Waals surface area contributed by atoms with E-state index >= 15 is 0 Å². The number of fused-ring (bicyclic) bond motifs is 1. The number of H-pyrrole nitrogens is 1. The zero-order chi connectivity index (χ0) is 18.0. The number of aliphatic hydroxyl groups excluding tert-OH is 1. The highest BCUT2D eigenvalue weighted by Crippen LogP contribution is 2.23. The molecule has 0 saturated carbocycles. The number of benzene rings is 1. The van der Waals surface area contributed by atoms with E-state index in [9.17, 15) is 9.59 Å². The third kappa shape index (κ3) is 3.54. The number of aryl methyl sites for hydroxylation is 2. The Hall–Kier alpha value is -2.32. The third-order valence-corrected chi connectivity index (χ3v) is 4.99. The summed E-state index contributed by atoms with van der Waals surface area (Å²) in [4.78, 5) is 31.1. The average molecular weight is 360 g/mol. The van der Waals surface area contributed by atoms with Gasteiger partial charge in [-0.15, -0.1) is 0 Å². The fourth-order valence-corrected chi connectivity index (χ4v) is 3.61. The summed E-state index contributed by atoms with van der Waals surface area (Å²) in [5.41, 5.74) is 2.02. The molecule has 25 heavy (non-hydrogen) atoms. The molecular weight excluding hydrogens is 340 g/mol. The second kappa shape index (κ2) is 7.28. The van der Waals surface area contributed by atoms with Crippen LogP contribution in [0.4, 0.5) is 0 Å². The number of aromatic amines is 1. The minimum absolute atomic E-state index is 0.101. The highest BCUT2D eigenvalue weighted by atomic mass is 32.2. The molecular formula is C17H20N4O3S. The van der Waals surface area contributed by atoms with Gasteiger partial charge >= 0.3 is 5.69 Å². The summed E-state index contributed by atoms with van der Waals surface area (Å²) in [5, 5.41) is 9.67. The first-order valence-corrected chi connectivity index (χ1v) is 8.98. The Kier molecular flexibility index (Phi) is 5.10. The Bertz CT molecular complexity index is 1020. The fraction of sp³-hybridized carbons (Fsp3) is 0.353. The molecule has 0 bridgehead atoms. The van der Waals surface area contributed by atoms with Gasteiger partial charge in [-0.05, 0) is 18.9 Å². The lowest BCUT2D eigenvalue weighted by Crippen LogP contribution is -2.29. The molecule has 3 aromatic rings. The summed E-state index contributed by atoms with van der Waals surface area (Å²) < 4.78 is 3.18. The van der Waals surface area contributed by atoms with Crippen LogP contribution in [0.2, 0.25) is 0 Å². The van der Waals surface area contributed by atoms with Crippen molar-refractivity contribution in [3.8, 4) is 0 Å². The van der Waals surface area contributed by atoms with Crippen LogP contribution < -0.4 is 11.2 Å². The van der Waals surface area contributed by atoms with Gasteiger partial charge in [0.05, 0.1) is 6.54 Å². The molecule has 2 heterocycles. The van der Waals surface area contributed by atoms with Crippen LogP contribution in [0.25, 0.3) is 11.2 Å². The topological polar surface area (TPSA) is 92.9 Å². The van der Waals surface area contributed by atoms with Crippen molar-refractivity contribution in [3.63, 3.8) is 0 Å². The second-order valence-corrected chi connectivity index (χ2v) is 6.95. The van der Waals surface area contributed by atoms with Gasteiger partial charge in [-0.1, -0.05) is 41.6 Å². The van der Waals surface area contributed by atoms with Crippen LogP contribution in [-0.4, -0.2) is 36.6 Å². The molecule has 0 unspecified atom stereocenters. The number of aromatic nitrogens is 4. The van der Waals surface area contributed by atoms with E-state index in [2.05, 4.69) is 16.0 Å². The zero-order valence-electron chi connectivity index (χ0n) is 14.2. The molecule has 132 valence electrons. The monoisotopic (exact) mass is 360 g/mol. The number of hydrogen-bond donors (Lipinski definition) is 2. The van der Waals surface area contributed by atoms with Crippen molar-refractivity contribution in [2.24, 2.45) is 7.05 Å². The molecule has 0 spiro atoms. The van der Waals surface area contributed by atoms with E-state index in [-0.39, 0.29) is 6.61 Å². The van der Waals surface area contributed by atoms with Crippen LogP contribution >= 0.6 is 11.8 Å². The number of rotatable bonds is 6. The van der Waals surface area contributed by atoms with Crippen molar-refractivity contribution in [1.82, 2.24) is 19.1 Å². The molecule has 0 fully saturated rings. The van der Waals surface area contributed by atoms with E-state index in [0.29, 0.717) is 35.0 Å². The number of hydrogen-bond acceptors (Lipinski definition) is 5. The van der Waals surface area contributed by atoms with Crippen molar-refractivity contribution in [1.29, 1.82) is 0 Å². The van der Waals surface area contributed by atoms with Crippen molar-refractivity contribution in [3.05, 3.63) is 56.2 Å². The number of nitrogens with zero attached hydrogens (tertiary/aromatic N) is 3. The van der Waals surface area contributed by atoms with Gasteiger partial charge in [-0.2, -0.15) is 0 Å². The Morgan fingerprint density at radius 2 is 2.12 bits per heavy atom. The fourth-order valence-electron chi connectivity index (χ4n) is 2.69. The normalized spacial score (nSPS) is 11.3. The van der Waals surface area contributed by atoms with Crippen LogP contribution in [0.1, 0.15) is 17.5 Å². The Morgan fingerprint density at radius 3 is 2.84 bits per heavy atom. The molecule has 2 aromatic heterocycles. The first kappa shape index (κ1) is 17.5. The maximum atomic E-state index is 12.4. The van der Waals surface area contributed by atoms with E-state index in [0.717, 1.165) is 11.1 Å². The summed E-state index contributed by atoms with van der Waals surface area (Å²) >= 11 is 1.47. The lowest BCUT2D eigenvalue weighted by molar-refractivity contribution is 0.296. The number of thioether (sulfide) groups is 1. The van der Waals surface area contributed by atoms with Crippen molar-refractivity contribution >= 4 is 22.9 Å². The predicted molar refractivity (Wildman–Crippen MR) is 98.3 cm³/mol. The minimum Gasteiger partial charge on any atom is -0.396 e. The first-order chi connectivity index (χ1) is 12.0. The minimum atomic E-state index is -0.482. The van der Waals surface area contributed by atoms with Crippen LogP contribution in [0.5, 0.6) is 0 Å². The average Bonchev–Trinajstić information content (AvgIpc) is 2.92. The van der Waals surface area contributed by atoms with E-state index in [1.165, 1.54) is 16.3 Å². The quantitative estimate of drug-likeness (QED) is 0.510. The van der Waals surface area contributed by atoms with Gasteiger partial charge < -0.3 is 9.67 Å². The predicted octanol–water partition coefficient (Wildman–Crippen LogP) is 1.25. The zero-order valence-corrected chi connectivity index (χ0v) is 15.0. The summed E-state index contributed by atoms with van der Waals surface area (Å²) in [6, 6.07) is 8.05. The number of imidazole rings is 1. The Balaban J connectivity index is 2.15. The molecule has 7 nitrogen and oxygen atoms in total. The molecule has 0 amide bonds. The standard InChI is InChI=1S/C17H20N4O3S/c1-11-5-3-6-12(9-11)10-21-13-14(18-17(21)25-8-4-7-22)20(2)16(24)19-15(13)23/h3,5-6,9,22H,4,7-8,10H2,1-2H3,(H,19,23,24). The van der Waals surface area contributed by atoms with Crippen LogP contribution in [0, 0.1) is 6.92 Å². The molecule has 0 atom stereocenters. The van der Waals surface area contributed by atoms with Crippen molar-refractivity contribution in [2.45, 2.75) is 25.0 Å². The summed E-state index contributed by atoms with van der Waals surface area (Å²) in [7, 11) is 1.59. The molecule has 0 aliphatic rings. The van der Waals surface area contributed by atoms with Crippen LogP contribution in [0.3, 0.4) is 0 Å². The van der Waals surface area contributed by atoms with Gasteiger partial charge in [0.1, 0.15) is 0 Å². The van der Waals surface area contributed by atoms with Gasteiger partial charge in [-0.25, -0.2) is 9.78 Å². The highest BCUT2D eigenvalue weighted by molar-refractivity contribution is 7.99. The summed E-state index contributed by atoms with van der Waals surface area (Å²) in [5.74, 6) is 0.680. The van der Waals surface area contributed by atoms with Crippen LogP contribution in [0.15, 0.2) is 39.0 Å². The van der Waals surface area contributed by atoms with E-state index < -0.39 is 11.2 Å². The lowest BCUT2D eigenvalue weighted by Gasteiger charge is -2.09. The van der Waals surface area contributed by atoms with Gasteiger partial charge in [0, 0.05) is 19.4 Å². The first-order valence-electron chi connectivity index (χ1n) is 8.00.